The summed E-state index contributed by atoms with van der Waals surface area (Å²) in [6, 6.07) is 0. The molecule has 0 aliphatic carbocycles. The number of piperidine rings is 1. The van der Waals surface area contributed by atoms with E-state index in [1.807, 2.05) is 9.80 Å². The summed E-state index contributed by atoms with van der Waals surface area (Å²) in [5.74, 6) is 0.0921. The van der Waals surface area contributed by atoms with Crippen LogP contribution in [-0.4, -0.2) is 55.2 Å². The molecule has 2 aliphatic rings. The standard InChI is InChI=1S/C14H18F3N3O2S/c15-14(16,17)11-9-18-13(23-11)20-3-1-10(2-4-20)12(21)19-5-7-22-8-6-19/h9-10H,1-8H2. The summed E-state index contributed by atoms with van der Waals surface area (Å²) in [5, 5.41) is 0.384. The first-order valence-corrected chi connectivity index (χ1v) is 8.41. The first-order valence-electron chi connectivity index (χ1n) is 7.59. The number of ether oxygens (including phenoxy) is 1. The Kier molecular flexibility index (Phi) is 4.77. The second-order valence-corrected chi connectivity index (χ2v) is 6.71. The van der Waals surface area contributed by atoms with E-state index in [0.717, 1.165) is 6.20 Å². The van der Waals surface area contributed by atoms with Crippen molar-refractivity contribution in [1.82, 2.24) is 9.88 Å². The van der Waals surface area contributed by atoms with Crippen LogP contribution in [0.1, 0.15) is 17.7 Å². The number of amides is 1. The largest absolute Gasteiger partial charge is 0.427 e. The van der Waals surface area contributed by atoms with Gasteiger partial charge in [0, 0.05) is 32.1 Å². The van der Waals surface area contributed by atoms with Gasteiger partial charge in [-0.3, -0.25) is 4.79 Å². The van der Waals surface area contributed by atoms with E-state index in [2.05, 4.69) is 4.98 Å². The fraction of sp³-hybridized carbons (Fsp3) is 0.714. The molecule has 0 aromatic carbocycles. The van der Waals surface area contributed by atoms with Gasteiger partial charge in [0.2, 0.25) is 5.91 Å². The molecule has 5 nitrogen and oxygen atoms in total. The van der Waals surface area contributed by atoms with Gasteiger partial charge in [-0.05, 0) is 12.8 Å². The maximum absolute atomic E-state index is 12.6. The molecular formula is C14H18F3N3O2S. The molecule has 23 heavy (non-hydrogen) atoms. The van der Waals surface area contributed by atoms with Gasteiger partial charge in [-0.2, -0.15) is 13.2 Å². The number of aromatic nitrogens is 1. The summed E-state index contributed by atoms with van der Waals surface area (Å²) in [5.41, 5.74) is 0. The minimum atomic E-state index is -4.35. The van der Waals surface area contributed by atoms with Gasteiger partial charge >= 0.3 is 6.18 Å². The molecule has 0 radical (unpaired) electrons. The van der Waals surface area contributed by atoms with Crippen molar-refractivity contribution in [3.05, 3.63) is 11.1 Å². The molecule has 128 valence electrons. The molecule has 0 bridgehead atoms. The highest BCUT2D eigenvalue weighted by atomic mass is 32.1. The Balaban J connectivity index is 1.55. The van der Waals surface area contributed by atoms with Gasteiger partial charge < -0.3 is 14.5 Å². The predicted molar refractivity (Wildman–Crippen MR) is 79.5 cm³/mol. The van der Waals surface area contributed by atoms with Crippen LogP contribution in [0.25, 0.3) is 0 Å². The first-order chi connectivity index (χ1) is 10.9. The molecule has 3 heterocycles. The van der Waals surface area contributed by atoms with Crippen LogP contribution >= 0.6 is 11.3 Å². The predicted octanol–water partition coefficient (Wildman–Crippen LogP) is 2.24. The Morgan fingerprint density at radius 1 is 1.22 bits per heavy atom. The van der Waals surface area contributed by atoms with Gasteiger partial charge in [-0.1, -0.05) is 11.3 Å². The average Bonchev–Trinajstić information content (AvgIpc) is 3.05. The molecule has 2 fully saturated rings. The van der Waals surface area contributed by atoms with Crippen molar-refractivity contribution in [2.24, 2.45) is 5.92 Å². The summed E-state index contributed by atoms with van der Waals surface area (Å²) in [6.07, 6.45) is -2.17. The number of carbonyl (C=O) groups excluding carboxylic acids is 1. The smallest absolute Gasteiger partial charge is 0.378 e. The van der Waals surface area contributed by atoms with E-state index >= 15 is 0 Å². The number of rotatable bonds is 2. The number of carbonyl (C=O) groups is 1. The Morgan fingerprint density at radius 3 is 2.43 bits per heavy atom. The second-order valence-electron chi connectivity index (χ2n) is 5.70. The molecule has 9 heteroatoms. The number of nitrogens with zero attached hydrogens (tertiary/aromatic N) is 3. The van der Waals surface area contributed by atoms with Crippen molar-refractivity contribution in [1.29, 1.82) is 0 Å². The lowest BCUT2D eigenvalue weighted by atomic mass is 9.95. The topological polar surface area (TPSA) is 45.7 Å². The average molecular weight is 349 g/mol. The van der Waals surface area contributed by atoms with E-state index in [1.165, 1.54) is 0 Å². The Morgan fingerprint density at radius 2 is 1.87 bits per heavy atom. The number of morpholine rings is 1. The van der Waals surface area contributed by atoms with E-state index in [9.17, 15) is 18.0 Å². The Labute approximate surface area is 136 Å². The van der Waals surface area contributed by atoms with E-state index in [1.54, 1.807) is 0 Å². The molecule has 1 aromatic rings. The summed E-state index contributed by atoms with van der Waals surface area (Å²) in [7, 11) is 0. The van der Waals surface area contributed by atoms with Crippen molar-refractivity contribution >= 4 is 22.4 Å². The number of hydrogen-bond acceptors (Lipinski definition) is 5. The molecule has 2 saturated heterocycles. The monoisotopic (exact) mass is 349 g/mol. The molecule has 0 N–H and O–H groups in total. The normalized spacial score (nSPS) is 20.8. The highest BCUT2D eigenvalue weighted by molar-refractivity contribution is 7.15. The third kappa shape index (κ3) is 3.77. The van der Waals surface area contributed by atoms with E-state index in [-0.39, 0.29) is 11.8 Å². The molecule has 0 spiro atoms. The minimum Gasteiger partial charge on any atom is -0.378 e. The number of thiazole rings is 1. The number of alkyl halides is 3. The molecule has 2 aliphatic heterocycles. The summed E-state index contributed by atoms with van der Waals surface area (Å²) in [4.78, 5) is 19.3. The van der Waals surface area contributed by atoms with Crippen molar-refractivity contribution in [2.45, 2.75) is 19.0 Å². The first kappa shape index (κ1) is 16.5. The van der Waals surface area contributed by atoms with Crippen molar-refractivity contribution < 1.29 is 22.7 Å². The Hall–Kier alpha value is -1.35. The van der Waals surface area contributed by atoms with E-state index < -0.39 is 11.1 Å². The highest BCUT2D eigenvalue weighted by Gasteiger charge is 2.35. The van der Waals surface area contributed by atoms with Gasteiger partial charge in [-0.15, -0.1) is 0 Å². The number of anilines is 1. The van der Waals surface area contributed by atoms with E-state index in [0.29, 0.717) is 68.7 Å². The van der Waals surface area contributed by atoms with Crippen LogP contribution in [0.4, 0.5) is 18.3 Å². The van der Waals surface area contributed by atoms with Crippen LogP contribution in [0.3, 0.4) is 0 Å². The van der Waals surface area contributed by atoms with E-state index in [4.69, 9.17) is 4.74 Å². The summed E-state index contributed by atoms with van der Waals surface area (Å²) >= 11 is 0.662. The molecule has 1 aromatic heterocycles. The van der Waals surface area contributed by atoms with Crippen molar-refractivity contribution in [3.8, 4) is 0 Å². The van der Waals surface area contributed by atoms with Gasteiger partial charge in [0.15, 0.2) is 5.13 Å². The van der Waals surface area contributed by atoms with Gasteiger partial charge in [-0.25, -0.2) is 4.98 Å². The van der Waals surface area contributed by atoms with Gasteiger partial charge in [0.25, 0.3) is 0 Å². The van der Waals surface area contributed by atoms with Gasteiger partial charge in [0.1, 0.15) is 4.88 Å². The molecular weight excluding hydrogens is 331 g/mol. The lowest BCUT2D eigenvalue weighted by Gasteiger charge is -2.35. The van der Waals surface area contributed by atoms with Crippen molar-refractivity contribution in [3.63, 3.8) is 0 Å². The molecule has 0 saturated carbocycles. The number of hydrogen-bond donors (Lipinski definition) is 0. The van der Waals surface area contributed by atoms with Crippen molar-refractivity contribution in [2.75, 3.05) is 44.3 Å². The Bertz CT molecular complexity index is 550. The highest BCUT2D eigenvalue weighted by Crippen LogP contribution is 2.37. The lowest BCUT2D eigenvalue weighted by molar-refractivity contribution is -0.140. The summed E-state index contributed by atoms with van der Waals surface area (Å²) < 4.78 is 43.1. The molecule has 0 unspecified atom stereocenters. The fourth-order valence-electron chi connectivity index (χ4n) is 2.90. The van der Waals surface area contributed by atoms with Crippen LogP contribution in [0, 0.1) is 5.92 Å². The van der Waals surface area contributed by atoms with Crippen LogP contribution in [-0.2, 0) is 15.7 Å². The molecule has 3 rings (SSSR count). The second kappa shape index (κ2) is 6.64. The molecule has 1 amide bonds. The quantitative estimate of drug-likeness (QED) is 0.822. The third-order valence-electron chi connectivity index (χ3n) is 4.21. The maximum atomic E-state index is 12.6. The van der Waals surface area contributed by atoms with Crippen LogP contribution in [0.5, 0.6) is 0 Å². The zero-order chi connectivity index (χ0) is 16.4. The van der Waals surface area contributed by atoms with Crippen LogP contribution in [0.15, 0.2) is 6.20 Å². The zero-order valence-electron chi connectivity index (χ0n) is 12.5. The minimum absolute atomic E-state index is 0.0496. The van der Waals surface area contributed by atoms with Gasteiger partial charge in [0.05, 0.1) is 19.4 Å². The third-order valence-corrected chi connectivity index (χ3v) is 5.31. The fourth-order valence-corrected chi connectivity index (χ4v) is 3.74. The summed E-state index contributed by atoms with van der Waals surface area (Å²) in [6.45, 7) is 3.52. The maximum Gasteiger partial charge on any atom is 0.427 e. The SMILES string of the molecule is O=C(C1CCN(c2ncc(C(F)(F)F)s2)CC1)N1CCOCC1. The van der Waals surface area contributed by atoms with Crippen LogP contribution in [0.2, 0.25) is 0 Å². The van der Waals surface area contributed by atoms with Crippen LogP contribution < -0.4 is 4.90 Å². The number of halogens is 3. The lowest BCUT2D eigenvalue weighted by Crippen LogP contribution is -2.46. The molecule has 0 atom stereocenters. The zero-order valence-corrected chi connectivity index (χ0v) is 13.3.